The molecule has 0 bridgehead atoms. The summed E-state index contributed by atoms with van der Waals surface area (Å²) < 4.78 is 29.2. The van der Waals surface area contributed by atoms with Gasteiger partial charge in [-0.2, -0.15) is 0 Å². The minimum absolute atomic E-state index is 0.172. The maximum atomic E-state index is 13.6. The fourth-order valence-electron chi connectivity index (χ4n) is 4.49. The predicted molar refractivity (Wildman–Crippen MR) is 127 cm³/mol. The van der Waals surface area contributed by atoms with Crippen LogP contribution in [0.3, 0.4) is 0 Å². The average Bonchev–Trinajstić information content (AvgIpc) is 3.27. The van der Waals surface area contributed by atoms with E-state index in [1.165, 1.54) is 24.3 Å². The molecule has 0 saturated heterocycles. The first-order chi connectivity index (χ1) is 16.5. The number of hydrogen-bond donors (Lipinski definition) is 2. The van der Waals surface area contributed by atoms with Crippen molar-refractivity contribution in [2.24, 2.45) is 0 Å². The maximum absolute atomic E-state index is 13.6. The third kappa shape index (κ3) is 4.54. The number of aliphatic hydroxyl groups is 1. The number of aliphatic hydroxyl groups excluding tert-OH is 1. The molecular formula is C26H25F2N5O. The Morgan fingerprint density at radius 3 is 2.41 bits per heavy atom. The van der Waals surface area contributed by atoms with Crippen LogP contribution in [0.1, 0.15) is 37.3 Å². The van der Waals surface area contributed by atoms with Crippen molar-refractivity contribution < 1.29 is 13.9 Å². The van der Waals surface area contributed by atoms with Gasteiger partial charge in [-0.3, -0.25) is 0 Å². The topological polar surface area (TPSA) is 75.9 Å². The van der Waals surface area contributed by atoms with E-state index >= 15 is 0 Å². The first kappa shape index (κ1) is 22.2. The Hall–Kier alpha value is -3.65. The number of aryl methyl sites for hydroxylation is 1. The summed E-state index contributed by atoms with van der Waals surface area (Å²) in [7, 11) is 0. The van der Waals surface area contributed by atoms with E-state index in [4.69, 9.17) is 4.98 Å². The van der Waals surface area contributed by atoms with Crippen molar-refractivity contribution in [3.8, 4) is 22.6 Å². The Bertz CT molecular complexity index is 1300. The molecule has 2 aromatic heterocycles. The number of nitrogens with zero attached hydrogens (tertiary/aromatic N) is 4. The highest BCUT2D eigenvalue weighted by Gasteiger charge is 2.26. The lowest BCUT2D eigenvalue weighted by Crippen LogP contribution is -2.21. The molecular weight excluding hydrogens is 436 g/mol. The molecule has 0 radical (unpaired) electrons. The molecule has 0 unspecified atom stereocenters. The lowest BCUT2D eigenvalue weighted by molar-refractivity contribution is 0.111. The van der Waals surface area contributed by atoms with Crippen LogP contribution in [0.15, 0.2) is 61.1 Å². The highest BCUT2D eigenvalue weighted by molar-refractivity contribution is 5.77. The molecule has 0 aliphatic heterocycles. The Labute approximate surface area is 196 Å². The number of aromatic nitrogens is 4. The van der Waals surface area contributed by atoms with E-state index in [1.807, 2.05) is 13.0 Å². The fourth-order valence-corrected chi connectivity index (χ4v) is 4.49. The van der Waals surface area contributed by atoms with E-state index in [9.17, 15) is 13.9 Å². The van der Waals surface area contributed by atoms with Crippen molar-refractivity contribution in [1.82, 2.24) is 19.5 Å². The standard InChI is InChI=1S/C26H25F2N5O/c1-16-14-19(28)6-11-22(16)31-26-29-13-12-23(32-26)25-24(17-2-4-18(27)5-3-17)30-15-33(25)20-7-9-21(34)10-8-20/h2-6,11-15,20-21,34H,7-10H2,1H3,(H,29,31,32)/t20-,21+. The summed E-state index contributed by atoms with van der Waals surface area (Å²) in [5.41, 5.74) is 4.43. The Balaban J connectivity index is 1.56. The first-order valence-electron chi connectivity index (χ1n) is 11.4. The zero-order valence-electron chi connectivity index (χ0n) is 18.7. The summed E-state index contributed by atoms with van der Waals surface area (Å²) in [4.78, 5) is 13.8. The molecule has 5 rings (SSSR count). The van der Waals surface area contributed by atoms with E-state index in [0.29, 0.717) is 23.0 Å². The average molecular weight is 462 g/mol. The summed E-state index contributed by atoms with van der Waals surface area (Å²) in [6.45, 7) is 1.81. The molecule has 0 spiro atoms. The SMILES string of the molecule is Cc1cc(F)ccc1Nc1nccc(-c2c(-c3ccc(F)cc3)ncn2[C@H]2CC[C@@H](O)CC2)n1. The van der Waals surface area contributed by atoms with Gasteiger partial charge in [0.2, 0.25) is 5.95 Å². The van der Waals surface area contributed by atoms with Gasteiger partial charge >= 0.3 is 0 Å². The molecule has 0 atom stereocenters. The second-order valence-corrected chi connectivity index (χ2v) is 8.67. The normalized spacial score (nSPS) is 18.1. The number of hydrogen-bond acceptors (Lipinski definition) is 5. The molecule has 0 amide bonds. The van der Waals surface area contributed by atoms with Crippen LogP contribution in [0.2, 0.25) is 0 Å². The van der Waals surface area contributed by atoms with Gasteiger partial charge in [0, 0.05) is 23.5 Å². The smallest absolute Gasteiger partial charge is 0.227 e. The van der Waals surface area contributed by atoms with Gasteiger partial charge in [-0.05, 0) is 86.7 Å². The second kappa shape index (κ2) is 9.30. The van der Waals surface area contributed by atoms with Crippen LogP contribution < -0.4 is 5.32 Å². The number of benzene rings is 2. The summed E-state index contributed by atoms with van der Waals surface area (Å²) >= 11 is 0. The molecule has 8 heteroatoms. The van der Waals surface area contributed by atoms with Gasteiger partial charge in [-0.15, -0.1) is 0 Å². The quantitative estimate of drug-likeness (QED) is 0.392. The molecule has 1 saturated carbocycles. The number of anilines is 2. The van der Waals surface area contributed by atoms with E-state index in [2.05, 4.69) is 19.9 Å². The van der Waals surface area contributed by atoms with Gasteiger partial charge in [0.15, 0.2) is 0 Å². The zero-order chi connectivity index (χ0) is 23.7. The van der Waals surface area contributed by atoms with E-state index in [0.717, 1.165) is 42.5 Å². The molecule has 1 aliphatic carbocycles. The van der Waals surface area contributed by atoms with Crippen molar-refractivity contribution in [2.45, 2.75) is 44.8 Å². The first-order valence-corrected chi connectivity index (χ1v) is 11.4. The minimum atomic E-state index is -0.311. The van der Waals surface area contributed by atoms with E-state index in [-0.39, 0.29) is 23.8 Å². The van der Waals surface area contributed by atoms with E-state index < -0.39 is 0 Å². The molecule has 4 aromatic rings. The highest BCUT2D eigenvalue weighted by atomic mass is 19.1. The molecule has 1 fully saturated rings. The lowest BCUT2D eigenvalue weighted by atomic mass is 9.92. The van der Waals surface area contributed by atoms with Crippen LogP contribution in [-0.2, 0) is 0 Å². The van der Waals surface area contributed by atoms with Gasteiger partial charge in [0.1, 0.15) is 11.6 Å². The third-order valence-corrected chi connectivity index (χ3v) is 6.30. The van der Waals surface area contributed by atoms with Crippen molar-refractivity contribution in [3.63, 3.8) is 0 Å². The minimum Gasteiger partial charge on any atom is -0.393 e. The van der Waals surface area contributed by atoms with Gasteiger partial charge in [-0.1, -0.05) is 0 Å². The summed E-state index contributed by atoms with van der Waals surface area (Å²) in [6.07, 6.45) is 6.32. The number of nitrogens with one attached hydrogen (secondary N) is 1. The molecule has 2 heterocycles. The number of imidazole rings is 1. The lowest BCUT2D eigenvalue weighted by Gasteiger charge is -2.28. The van der Waals surface area contributed by atoms with Crippen molar-refractivity contribution >= 4 is 11.6 Å². The second-order valence-electron chi connectivity index (χ2n) is 8.67. The monoisotopic (exact) mass is 461 g/mol. The third-order valence-electron chi connectivity index (χ3n) is 6.30. The predicted octanol–water partition coefficient (Wildman–Crippen LogP) is 5.81. The van der Waals surface area contributed by atoms with Gasteiger partial charge < -0.3 is 15.0 Å². The molecule has 2 N–H and O–H groups in total. The zero-order valence-corrected chi connectivity index (χ0v) is 18.7. The summed E-state index contributed by atoms with van der Waals surface area (Å²) in [6, 6.07) is 12.7. The summed E-state index contributed by atoms with van der Waals surface area (Å²) in [5.74, 6) is -0.235. The molecule has 6 nitrogen and oxygen atoms in total. The van der Waals surface area contributed by atoms with E-state index in [1.54, 1.807) is 30.7 Å². The summed E-state index contributed by atoms with van der Waals surface area (Å²) in [5, 5.41) is 13.1. The van der Waals surface area contributed by atoms with Crippen molar-refractivity contribution in [1.29, 1.82) is 0 Å². The van der Waals surface area contributed by atoms with Crippen LogP contribution in [-0.4, -0.2) is 30.7 Å². The van der Waals surface area contributed by atoms with Crippen molar-refractivity contribution in [3.05, 3.63) is 78.3 Å². The molecule has 2 aromatic carbocycles. The van der Waals surface area contributed by atoms with Crippen LogP contribution in [0, 0.1) is 18.6 Å². The molecule has 1 aliphatic rings. The Morgan fingerprint density at radius 1 is 0.941 bits per heavy atom. The maximum Gasteiger partial charge on any atom is 0.227 e. The van der Waals surface area contributed by atoms with Crippen LogP contribution >= 0.6 is 0 Å². The molecule has 34 heavy (non-hydrogen) atoms. The van der Waals surface area contributed by atoms with Crippen LogP contribution in [0.25, 0.3) is 22.6 Å². The number of rotatable bonds is 5. The fraction of sp³-hybridized carbons (Fsp3) is 0.269. The van der Waals surface area contributed by atoms with Gasteiger partial charge in [0.05, 0.1) is 29.5 Å². The van der Waals surface area contributed by atoms with Crippen molar-refractivity contribution in [2.75, 3.05) is 5.32 Å². The molecule has 174 valence electrons. The number of halogens is 2. The largest absolute Gasteiger partial charge is 0.393 e. The highest BCUT2D eigenvalue weighted by Crippen LogP contribution is 2.37. The van der Waals surface area contributed by atoms with Crippen LogP contribution in [0.4, 0.5) is 20.4 Å². The Kier molecular flexibility index (Phi) is 6.06. The Morgan fingerprint density at radius 2 is 1.68 bits per heavy atom. The van der Waals surface area contributed by atoms with Crippen LogP contribution in [0.5, 0.6) is 0 Å². The van der Waals surface area contributed by atoms with Gasteiger partial charge in [-0.25, -0.2) is 23.7 Å². The van der Waals surface area contributed by atoms with Gasteiger partial charge in [0.25, 0.3) is 0 Å².